The van der Waals surface area contributed by atoms with E-state index in [0.29, 0.717) is 31.0 Å². The van der Waals surface area contributed by atoms with Crippen molar-refractivity contribution >= 4 is 0 Å². The van der Waals surface area contributed by atoms with Crippen molar-refractivity contribution < 1.29 is 19.0 Å². The molecule has 5 nitrogen and oxygen atoms in total. The van der Waals surface area contributed by atoms with Crippen molar-refractivity contribution in [3.05, 3.63) is 59.2 Å². The number of aliphatic hydroxyl groups is 1. The molecule has 6 heteroatoms. The normalized spacial score (nSPS) is 22.0. The van der Waals surface area contributed by atoms with Crippen LogP contribution in [0.3, 0.4) is 0 Å². The van der Waals surface area contributed by atoms with Crippen molar-refractivity contribution in [3.8, 4) is 5.75 Å². The molecule has 1 saturated heterocycles. The van der Waals surface area contributed by atoms with Gasteiger partial charge in [-0.05, 0) is 50.1 Å². The van der Waals surface area contributed by atoms with Crippen LogP contribution in [0.15, 0.2) is 36.5 Å². The number of fused-ring (bicyclic) bond motifs is 1. The van der Waals surface area contributed by atoms with E-state index in [4.69, 9.17) is 9.47 Å². The molecule has 2 aliphatic rings. The van der Waals surface area contributed by atoms with Crippen molar-refractivity contribution in [1.29, 1.82) is 0 Å². The minimum absolute atomic E-state index is 0.0420. The van der Waals surface area contributed by atoms with Gasteiger partial charge < -0.3 is 14.6 Å². The number of nitrogens with zero attached hydrogens (tertiary/aromatic N) is 2. The predicted octanol–water partition coefficient (Wildman–Crippen LogP) is 4.56. The molecular weight excluding hydrogens is 383 g/mol. The number of aryl methyl sites for hydroxylation is 1. The summed E-state index contributed by atoms with van der Waals surface area (Å²) >= 11 is 0. The van der Waals surface area contributed by atoms with E-state index in [1.807, 2.05) is 37.1 Å². The average molecular weight is 415 g/mol. The smallest absolute Gasteiger partial charge is 0.150 e. The molecule has 1 spiro atoms. The molecule has 30 heavy (non-hydrogen) atoms. The highest BCUT2D eigenvalue weighted by Gasteiger charge is 2.45. The first-order chi connectivity index (χ1) is 14.4. The topological polar surface area (TPSA) is 54.8 Å². The summed E-state index contributed by atoms with van der Waals surface area (Å²) in [5, 5.41) is 10.8. The first kappa shape index (κ1) is 21.2. The lowest BCUT2D eigenvalue weighted by Crippen LogP contribution is -2.51. The lowest BCUT2D eigenvalue weighted by Gasteiger charge is -2.47. The van der Waals surface area contributed by atoms with Crippen molar-refractivity contribution in [2.75, 3.05) is 13.1 Å². The van der Waals surface area contributed by atoms with Gasteiger partial charge in [0.1, 0.15) is 17.2 Å². The third-order valence-electron chi connectivity index (χ3n) is 6.21. The zero-order valence-corrected chi connectivity index (χ0v) is 18.0. The maximum atomic E-state index is 13.8. The fraction of sp³-hybridized carbons (Fsp3) is 0.542. The molecule has 1 unspecified atom stereocenters. The molecule has 2 atom stereocenters. The van der Waals surface area contributed by atoms with E-state index in [0.717, 1.165) is 30.4 Å². The fourth-order valence-electron chi connectivity index (χ4n) is 4.50. The molecule has 3 heterocycles. The number of hydrogen-bond acceptors (Lipinski definition) is 5. The molecule has 0 saturated carbocycles. The number of hydrogen-bond donors (Lipinski definition) is 1. The van der Waals surface area contributed by atoms with Crippen LogP contribution >= 0.6 is 0 Å². The molecular formula is C24H31FN2O3. The minimum atomic E-state index is -0.721. The lowest BCUT2D eigenvalue weighted by molar-refractivity contribution is -0.110. The Morgan fingerprint density at radius 3 is 2.67 bits per heavy atom. The van der Waals surface area contributed by atoms with Crippen LogP contribution in [0, 0.1) is 5.82 Å². The Labute approximate surface area is 177 Å². The Morgan fingerprint density at radius 2 is 2.03 bits per heavy atom. The first-order valence-electron chi connectivity index (χ1n) is 10.9. The van der Waals surface area contributed by atoms with Gasteiger partial charge in [-0.3, -0.25) is 9.88 Å². The molecule has 0 amide bonds. The lowest BCUT2D eigenvalue weighted by atomic mass is 9.81. The number of aromatic nitrogens is 1. The number of ether oxygens (including phenoxy) is 2. The highest BCUT2D eigenvalue weighted by Crippen LogP contribution is 2.46. The number of halogens is 1. The average Bonchev–Trinajstić information content (AvgIpc) is 2.74. The van der Waals surface area contributed by atoms with Crippen molar-refractivity contribution in [1.82, 2.24) is 9.88 Å². The van der Waals surface area contributed by atoms with Gasteiger partial charge in [0.15, 0.2) is 6.23 Å². The van der Waals surface area contributed by atoms with Crippen molar-refractivity contribution in [2.45, 2.75) is 70.5 Å². The third-order valence-corrected chi connectivity index (χ3v) is 6.21. The molecule has 1 aromatic carbocycles. The summed E-state index contributed by atoms with van der Waals surface area (Å²) in [6.07, 6.45) is 4.12. The Morgan fingerprint density at radius 1 is 1.27 bits per heavy atom. The van der Waals surface area contributed by atoms with Crippen LogP contribution in [-0.4, -0.2) is 39.8 Å². The second kappa shape index (κ2) is 8.61. The van der Waals surface area contributed by atoms with E-state index in [-0.39, 0.29) is 23.6 Å². The maximum absolute atomic E-state index is 13.8. The largest absolute Gasteiger partial charge is 0.487 e. The molecule has 0 aliphatic carbocycles. The number of aliphatic hydroxyl groups excluding tert-OH is 1. The second-order valence-corrected chi connectivity index (χ2v) is 8.70. The van der Waals surface area contributed by atoms with E-state index in [1.165, 1.54) is 12.1 Å². The molecule has 1 aromatic heterocycles. The SMILES string of the molecule is CCc1ccc(C(O)N2CCC3(CC2)C[C@@H](OC(C)C)c2cc(F)ccc2O3)nc1. The van der Waals surface area contributed by atoms with Crippen LogP contribution in [0.25, 0.3) is 0 Å². The summed E-state index contributed by atoms with van der Waals surface area (Å²) in [5.74, 6) is 0.435. The monoisotopic (exact) mass is 414 g/mol. The highest BCUT2D eigenvalue weighted by molar-refractivity contribution is 5.39. The van der Waals surface area contributed by atoms with Crippen LogP contribution in [0.2, 0.25) is 0 Å². The van der Waals surface area contributed by atoms with Crippen LogP contribution < -0.4 is 4.74 Å². The summed E-state index contributed by atoms with van der Waals surface area (Å²) in [7, 11) is 0. The van der Waals surface area contributed by atoms with Gasteiger partial charge >= 0.3 is 0 Å². The van der Waals surface area contributed by atoms with Gasteiger partial charge in [-0.2, -0.15) is 0 Å². The molecule has 0 radical (unpaired) electrons. The van der Waals surface area contributed by atoms with Gasteiger partial charge in [0.2, 0.25) is 0 Å². The molecule has 162 valence electrons. The van der Waals surface area contributed by atoms with Gasteiger partial charge in [0.25, 0.3) is 0 Å². The molecule has 2 aromatic rings. The predicted molar refractivity (Wildman–Crippen MR) is 113 cm³/mol. The van der Waals surface area contributed by atoms with E-state index in [1.54, 1.807) is 6.07 Å². The summed E-state index contributed by atoms with van der Waals surface area (Å²) in [6.45, 7) is 7.48. The quantitative estimate of drug-likeness (QED) is 0.778. The van der Waals surface area contributed by atoms with E-state index in [9.17, 15) is 9.50 Å². The second-order valence-electron chi connectivity index (χ2n) is 8.70. The zero-order valence-electron chi connectivity index (χ0n) is 18.0. The summed E-state index contributed by atoms with van der Waals surface area (Å²) in [4.78, 5) is 6.48. The fourth-order valence-corrected chi connectivity index (χ4v) is 4.50. The van der Waals surface area contributed by atoms with Crippen LogP contribution in [0.5, 0.6) is 5.75 Å². The molecule has 1 fully saturated rings. The number of rotatable bonds is 5. The van der Waals surface area contributed by atoms with E-state index in [2.05, 4.69) is 11.9 Å². The Balaban J connectivity index is 1.48. The van der Waals surface area contributed by atoms with Gasteiger partial charge in [0.05, 0.1) is 17.9 Å². The molecule has 1 N–H and O–H groups in total. The summed E-state index contributed by atoms with van der Waals surface area (Å²) in [5.41, 5.74) is 2.26. The highest BCUT2D eigenvalue weighted by atomic mass is 19.1. The third kappa shape index (κ3) is 4.36. The maximum Gasteiger partial charge on any atom is 0.150 e. The van der Waals surface area contributed by atoms with Gasteiger partial charge in [-0.1, -0.05) is 13.0 Å². The van der Waals surface area contributed by atoms with E-state index >= 15 is 0 Å². The number of benzene rings is 1. The Bertz CT molecular complexity index is 863. The Kier molecular flexibility index (Phi) is 6.09. The standard InChI is InChI=1S/C24H31FN2O3/c1-4-17-5-7-20(26-15-17)23(28)27-11-9-24(10-12-27)14-22(29-16(2)3)19-13-18(25)6-8-21(19)30-24/h5-8,13,15-16,22-23,28H,4,9-12,14H2,1-3H3/t22-,23?/m1/s1. The van der Waals surface area contributed by atoms with Gasteiger partial charge in [-0.15, -0.1) is 0 Å². The summed E-state index contributed by atoms with van der Waals surface area (Å²) in [6, 6.07) is 8.60. The molecule has 2 aliphatic heterocycles. The zero-order chi connectivity index (χ0) is 21.3. The Hall–Kier alpha value is -2.02. The molecule has 0 bridgehead atoms. The molecule has 4 rings (SSSR count). The first-order valence-corrected chi connectivity index (χ1v) is 10.9. The number of likely N-dealkylation sites (tertiary alicyclic amines) is 1. The van der Waals surface area contributed by atoms with Crippen LogP contribution in [-0.2, 0) is 11.2 Å². The van der Waals surface area contributed by atoms with Gasteiger partial charge in [-0.25, -0.2) is 4.39 Å². The van der Waals surface area contributed by atoms with Crippen molar-refractivity contribution in [2.24, 2.45) is 0 Å². The van der Waals surface area contributed by atoms with E-state index < -0.39 is 6.23 Å². The number of piperidine rings is 1. The van der Waals surface area contributed by atoms with Gasteiger partial charge in [0, 0.05) is 44.1 Å². The van der Waals surface area contributed by atoms with Crippen LogP contribution in [0.4, 0.5) is 4.39 Å². The minimum Gasteiger partial charge on any atom is -0.487 e. The summed E-state index contributed by atoms with van der Waals surface area (Å²) < 4.78 is 26.4. The van der Waals surface area contributed by atoms with Crippen LogP contribution in [0.1, 0.15) is 69.2 Å². The number of pyridine rings is 1. The van der Waals surface area contributed by atoms with Crippen molar-refractivity contribution in [3.63, 3.8) is 0 Å².